The van der Waals surface area contributed by atoms with Gasteiger partial charge in [-0.3, -0.25) is 0 Å². The van der Waals surface area contributed by atoms with E-state index in [2.05, 4.69) is 25.7 Å². The van der Waals surface area contributed by atoms with Crippen molar-refractivity contribution >= 4 is 8.19 Å². The van der Waals surface area contributed by atoms with Crippen LogP contribution >= 0.6 is 8.19 Å². The fourth-order valence-electron chi connectivity index (χ4n) is 0.608. The van der Waals surface area contributed by atoms with E-state index in [9.17, 15) is 0 Å². The van der Waals surface area contributed by atoms with Gasteiger partial charge in [0.15, 0.2) is 0 Å². The second-order valence-corrected chi connectivity index (χ2v) is 3.01. The van der Waals surface area contributed by atoms with E-state index in [4.69, 9.17) is 0 Å². The Morgan fingerprint density at radius 2 is 1.90 bits per heavy atom. The molecule has 0 atom stereocenters. The molecule has 1 heterocycles. The average molecular weight is 273 g/mol. The molecule has 0 nitrogen and oxygen atoms in total. The molecule has 1 rings (SSSR count). The van der Waals surface area contributed by atoms with E-state index in [1.54, 1.807) is 0 Å². The predicted octanol–water partition coefficient (Wildman–Crippen LogP) is -3.39. The molecule has 55 valence electrons. The molecule has 0 spiro atoms. The molecule has 10 heavy (non-hydrogen) atoms. The molecule has 0 fully saturated rings. The number of hydrogen-bond donors (Lipinski definition) is 0. The molecule has 1 aromatic heterocycles. The fourth-order valence-corrected chi connectivity index (χ4v) is 1.37. The van der Waals surface area contributed by atoms with Crippen LogP contribution in [0.1, 0.15) is 10.9 Å². The molecule has 0 aromatic carbocycles. The van der Waals surface area contributed by atoms with Gasteiger partial charge in [0.25, 0.3) is 0 Å². The van der Waals surface area contributed by atoms with Gasteiger partial charge in [-0.15, -0.1) is 5.30 Å². The van der Waals surface area contributed by atoms with E-state index in [0.717, 1.165) is 0 Å². The van der Waals surface area contributed by atoms with Crippen molar-refractivity contribution in [3.05, 3.63) is 22.7 Å². The van der Waals surface area contributed by atoms with Crippen LogP contribution in [-0.4, -0.2) is 0 Å². The quantitative estimate of drug-likeness (QED) is 0.433. The van der Waals surface area contributed by atoms with Crippen LogP contribution in [0.15, 0.2) is 11.9 Å². The fraction of sp³-hybridized carbons (Fsp3) is 0.333. The molecule has 0 aliphatic heterocycles. The summed E-state index contributed by atoms with van der Waals surface area (Å²) < 4.78 is 0. The molecule has 0 amide bonds. The Hall–Kier alpha value is 1.24. The Morgan fingerprint density at radius 3 is 2.00 bits per heavy atom. The molecule has 1 radical (unpaired) electrons. The number of halogens is 2. The Bertz CT molecular complexity index is 148. The van der Waals surface area contributed by atoms with Gasteiger partial charge in [0, 0.05) is 0 Å². The summed E-state index contributed by atoms with van der Waals surface area (Å²) in [6.07, 6.45) is 0. The third-order valence-corrected chi connectivity index (χ3v) is 1.98. The van der Waals surface area contributed by atoms with E-state index in [1.807, 2.05) is 0 Å². The van der Waals surface area contributed by atoms with E-state index in [1.165, 1.54) is 19.1 Å². The molecule has 0 aliphatic rings. The van der Waals surface area contributed by atoms with Crippen molar-refractivity contribution in [1.29, 1.82) is 0 Å². The first-order valence-corrected chi connectivity index (χ1v) is 3.31. The summed E-state index contributed by atoms with van der Waals surface area (Å²) in [5.41, 5.74) is 1.40. The summed E-state index contributed by atoms with van der Waals surface area (Å²) in [7, 11) is 1.38. The first-order chi connectivity index (χ1) is 3.29. The molecule has 4 heteroatoms. The largest absolute Gasteiger partial charge is 3.00 e. The normalized spacial score (nSPS) is 7.40. The van der Waals surface area contributed by atoms with Gasteiger partial charge in [-0.2, -0.15) is 17.4 Å². The zero-order valence-electron chi connectivity index (χ0n) is 5.86. The van der Waals surface area contributed by atoms with Crippen molar-refractivity contribution in [3.63, 3.8) is 0 Å². The Kier molecular flexibility index (Phi) is 14.5. The van der Waals surface area contributed by atoms with Gasteiger partial charge < -0.3 is 24.8 Å². The maximum Gasteiger partial charge on any atom is 3.00 e. The van der Waals surface area contributed by atoms with Crippen molar-refractivity contribution in [1.82, 2.24) is 0 Å². The van der Waals surface area contributed by atoms with E-state index >= 15 is 0 Å². The summed E-state index contributed by atoms with van der Waals surface area (Å²) in [6.45, 7) is 4.28. The molecule has 1 aromatic rings. The van der Waals surface area contributed by atoms with Crippen LogP contribution < -0.4 is 24.8 Å². The average Bonchev–Trinajstić information content (AvgIpc) is 1.87. The summed E-state index contributed by atoms with van der Waals surface area (Å²) in [6, 6.07) is 2.21. The zero-order valence-corrected chi connectivity index (χ0v) is 10.7. The van der Waals surface area contributed by atoms with E-state index < -0.39 is 0 Å². The topological polar surface area (TPSA) is 0 Å². The maximum absolute atomic E-state index is 2.22. The molecule has 0 unspecified atom stereocenters. The van der Waals surface area contributed by atoms with Crippen molar-refractivity contribution < 1.29 is 51.0 Å². The van der Waals surface area contributed by atoms with Gasteiger partial charge >= 0.3 is 26.2 Å². The van der Waals surface area contributed by atoms with Gasteiger partial charge in [0.1, 0.15) is 0 Å². The second kappa shape index (κ2) is 8.34. The van der Waals surface area contributed by atoms with Gasteiger partial charge in [-0.25, -0.2) is 8.19 Å². The minimum absolute atomic E-state index is 0. The third-order valence-electron chi connectivity index (χ3n) is 0.908. The monoisotopic (exact) mass is 271 g/mol. The molecule has 0 saturated carbocycles. The molecule has 0 N–H and O–H groups in total. The van der Waals surface area contributed by atoms with Crippen molar-refractivity contribution in [2.75, 3.05) is 0 Å². The van der Waals surface area contributed by atoms with Crippen LogP contribution in [0.3, 0.4) is 0 Å². The maximum atomic E-state index is 2.22. The Labute approximate surface area is 95.2 Å². The van der Waals surface area contributed by atoms with Crippen molar-refractivity contribution in [2.45, 2.75) is 13.8 Å². The minimum atomic E-state index is 0. The SMILES string of the molecule is Cc1cp[c-](C)c1.[Cl-].[Cl-].[Zr+3]. The van der Waals surface area contributed by atoms with Gasteiger partial charge in [-0.1, -0.05) is 13.8 Å². The predicted molar refractivity (Wildman–Crippen MR) is 34.0 cm³/mol. The van der Waals surface area contributed by atoms with Crippen molar-refractivity contribution in [2.24, 2.45) is 0 Å². The zero-order chi connectivity index (χ0) is 5.28. The van der Waals surface area contributed by atoms with Gasteiger partial charge in [0.05, 0.1) is 0 Å². The summed E-state index contributed by atoms with van der Waals surface area (Å²) in [5, 5.41) is 1.46. The van der Waals surface area contributed by atoms with Gasteiger partial charge in [0.2, 0.25) is 0 Å². The number of aryl methyl sites for hydroxylation is 2. The molecule has 0 bridgehead atoms. The summed E-state index contributed by atoms with van der Waals surface area (Å²) in [4.78, 5) is 0. The third kappa shape index (κ3) is 5.99. The van der Waals surface area contributed by atoms with Crippen LogP contribution in [0.25, 0.3) is 0 Å². The summed E-state index contributed by atoms with van der Waals surface area (Å²) in [5.74, 6) is 2.22. The first kappa shape index (κ1) is 17.4. The van der Waals surface area contributed by atoms with E-state index in [-0.39, 0.29) is 51.0 Å². The number of rotatable bonds is 0. The molecule has 0 aliphatic carbocycles. The van der Waals surface area contributed by atoms with Gasteiger partial charge in [-0.05, 0) is 0 Å². The molecular weight excluding hydrogens is 265 g/mol. The standard InChI is InChI=1S/C6H8P.2ClH.Zr/c1-5-3-6(2)7-4-5;;;/h3-4H,1-2H3;2*1H;/q-1;;;+3/p-2. The molecular formula is C6H8Cl2PZr. The Morgan fingerprint density at radius 1 is 1.40 bits per heavy atom. The smallest absolute Gasteiger partial charge is 1.00 e. The minimum Gasteiger partial charge on any atom is -1.00 e. The summed E-state index contributed by atoms with van der Waals surface area (Å²) >= 11 is 0. The second-order valence-electron chi connectivity index (χ2n) is 1.79. The molecule has 0 saturated heterocycles. The van der Waals surface area contributed by atoms with Crippen LogP contribution in [0.2, 0.25) is 0 Å². The Balaban J connectivity index is -0.000000163. The van der Waals surface area contributed by atoms with Crippen LogP contribution in [0, 0.1) is 13.8 Å². The number of hydrogen-bond acceptors (Lipinski definition) is 0. The first-order valence-electron chi connectivity index (χ1n) is 2.35. The van der Waals surface area contributed by atoms with E-state index in [0.29, 0.717) is 0 Å². The van der Waals surface area contributed by atoms with Crippen LogP contribution in [0.4, 0.5) is 0 Å². The van der Waals surface area contributed by atoms with Crippen LogP contribution in [0.5, 0.6) is 0 Å². The van der Waals surface area contributed by atoms with Crippen molar-refractivity contribution in [3.8, 4) is 0 Å². The van der Waals surface area contributed by atoms with Crippen LogP contribution in [-0.2, 0) is 26.2 Å².